The quantitative estimate of drug-likeness (QED) is 0.747. The summed E-state index contributed by atoms with van der Waals surface area (Å²) in [6, 6.07) is 14.1. The molecule has 2 aliphatic carbocycles. The van der Waals surface area contributed by atoms with Crippen molar-refractivity contribution in [1.82, 2.24) is 4.90 Å². The fourth-order valence-corrected chi connectivity index (χ4v) is 6.33. The van der Waals surface area contributed by atoms with Crippen LogP contribution in [-0.2, 0) is 23.2 Å². The zero-order chi connectivity index (χ0) is 21.9. The Bertz CT molecular complexity index is 1080. The number of piperidine rings is 1. The van der Waals surface area contributed by atoms with Gasteiger partial charge in [0, 0.05) is 29.5 Å². The Hall–Kier alpha value is -2.99. The number of nitrogens with zero attached hydrogens (tertiary/aromatic N) is 1. The van der Waals surface area contributed by atoms with Gasteiger partial charge in [0.2, 0.25) is 0 Å². The van der Waals surface area contributed by atoms with Gasteiger partial charge < -0.3 is 24.2 Å². The number of carbonyl (C=O) groups is 1. The average molecular weight is 434 g/mol. The Morgan fingerprint density at radius 1 is 1.22 bits per heavy atom. The molecule has 1 spiro atoms. The fourth-order valence-electron chi connectivity index (χ4n) is 6.33. The minimum absolute atomic E-state index is 0.00723. The summed E-state index contributed by atoms with van der Waals surface area (Å²) in [6.45, 7) is 3.24. The van der Waals surface area contributed by atoms with Gasteiger partial charge in [-0.3, -0.25) is 0 Å². The van der Waals surface area contributed by atoms with Crippen LogP contribution in [0.2, 0.25) is 0 Å². The summed E-state index contributed by atoms with van der Waals surface area (Å²) >= 11 is 0. The maximum absolute atomic E-state index is 12.7. The summed E-state index contributed by atoms with van der Waals surface area (Å²) in [5.41, 5.74) is 3.08. The number of aliphatic hydroxyl groups is 1. The molecule has 0 radical (unpaired) electrons. The third kappa shape index (κ3) is 2.65. The first kappa shape index (κ1) is 19.7. The molecule has 1 amide bonds. The van der Waals surface area contributed by atoms with Crippen LogP contribution < -0.4 is 9.47 Å². The minimum Gasteiger partial charge on any atom is -0.485 e. The largest absolute Gasteiger partial charge is 0.485 e. The molecular weight excluding hydrogens is 406 g/mol. The molecule has 2 aromatic carbocycles. The summed E-state index contributed by atoms with van der Waals surface area (Å²) in [7, 11) is 0. The number of ether oxygens (including phenoxy) is 3. The fraction of sp³-hybridized carbons (Fsp3) is 0.423. The highest BCUT2D eigenvalue weighted by Gasteiger charge is 2.65. The van der Waals surface area contributed by atoms with E-state index in [-0.39, 0.29) is 29.6 Å². The SMILES string of the molecule is CCOC(=O)N1CC[C@]23c4c5ccc(OCc6ccccc6)c4O[C@H]2[C@@H](O)C=C[C@H]3[C@H]1C5. The first-order valence-electron chi connectivity index (χ1n) is 11.4. The summed E-state index contributed by atoms with van der Waals surface area (Å²) in [5.74, 6) is 1.56. The summed E-state index contributed by atoms with van der Waals surface area (Å²) in [4.78, 5) is 14.6. The molecule has 4 aliphatic rings. The summed E-state index contributed by atoms with van der Waals surface area (Å²) in [5, 5.41) is 10.9. The number of carbonyl (C=O) groups excluding carboxylic acids is 1. The van der Waals surface area contributed by atoms with E-state index in [0.717, 1.165) is 24.2 Å². The topological polar surface area (TPSA) is 68.2 Å². The van der Waals surface area contributed by atoms with Crippen LogP contribution in [0.25, 0.3) is 0 Å². The van der Waals surface area contributed by atoms with Crippen molar-refractivity contribution in [2.75, 3.05) is 13.2 Å². The summed E-state index contributed by atoms with van der Waals surface area (Å²) in [6.07, 6.45) is 4.06. The lowest BCUT2D eigenvalue weighted by molar-refractivity contribution is -0.0485. The van der Waals surface area contributed by atoms with Crippen molar-refractivity contribution >= 4 is 6.09 Å². The highest BCUT2D eigenvalue weighted by molar-refractivity contribution is 5.70. The van der Waals surface area contributed by atoms with E-state index in [2.05, 4.69) is 12.1 Å². The van der Waals surface area contributed by atoms with Crippen LogP contribution in [0.4, 0.5) is 4.79 Å². The molecule has 166 valence electrons. The number of hydrogen-bond donors (Lipinski definition) is 1. The molecule has 1 fully saturated rings. The van der Waals surface area contributed by atoms with Crippen LogP contribution in [0, 0.1) is 5.92 Å². The Kier molecular flexibility index (Phi) is 4.47. The van der Waals surface area contributed by atoms with Crippen LogP contribution in [0.5, 0.6) is 11.5 Å². The molecule has 0 unspecified atom stereocenters. The number of amides is 1. The molecule has 2 aromatic rings. The molecular formula is C26H27NO5. The van der Waals surface area contributed by atoms with E-state index in [1.807, 2.05) is 54.3 Å². The Morgan fingerprint density at radius 2 is 2.06 bits per heavy atom. The standard InChI is InChI=1S/C26H27NO5/c1-2-30-25(29)27-13-12-26-18-9-10-20(28)24(26)32-23-21(31-15-16-6-4-3-5-7-16)11-8-17(22(23)26)14-19(18)27/h3-11,18-20,24,28H,2,12-15H2,1H3/t18-,19+,20-,24-,26-/m0/s1. The molecule has 2 aliphatic heterocycles. The average Bonchev–Trinajstić information content (AvgIpc) is 3.15. The molecule has 1 saturated heterocycles. The van der Waals surface area contributed by atoms with Crippen molar-refractivity contribution < 1.29 is 24.1 Å². The van der Waals surface area contributed by atoms with Crippen molar-refractivity contribution in [3.8, 4) is 11.5 Å². The molecule has 1 N–H and O–H groups in total. The lowest BCUT2D eigenvalue weighted by atomic mass is 9.53. The van der Waals surface area contributed by atoms with E-state index in [4.69, 9.17) is 14.2 Å². The predicted molar refractivity (Wildman–Crippen MR) is 118 cm³/mol. The van der Waals surface area contributed by atoms with Gasteiger partial charge in [-0.1, -0.05) is 48.6 Å². The second-order valence-electron chi connectivity index (χ2n) is 9.10. The number of benzene rings is 2. The number of rotatable bonds is 4. The van der Waals surface area contributed by atoms with E-state index < -0.39 is 6.10 Å². The zero-order valence-electron chi connectivity index (χ0n) is 18.1. The van der Waals surface area contributed by atoms with Crippen LogP contribution in [-0.4, -0.2) is 47.5 Å². The molecule has 2 bridgehead atoms. The Labute approximate surface area is 187 Å². The first-order chi connectivity index (χ1) is 15.6. The van der Waals surface area contributed by atoms with Crippen molar-refractivity contribution in [1.29, 1.82) is 0 Å². The highest BCUT2D eigenvalue weighted by Crippen LogP contribution is 2.62. The van der Waals surface area contributed by atoms with Gasteiger partial charge >= 0.3 is 6.09 Å². The van der Waals surface area contributed by atoms with E-state index in [9.17, 15) is 9.90 Å². The van der Waals surface area contributed by atoms with Gasteiger partial charge in [0.1, 0.15) is 18.8 Å². The van der Waals surface area contributed by atoms with Crippen molar-refractivity contribution in [3.63, 3.8) is 0 Å². The van der Waals surface area contributed by atoms with Crippen LogP contribution in [0.15, 0.2) is 54.6 Å². The number of aliphatic hydroxyl groups excluding tert-OH is 1. The van der Waals surface area contributed by atoms with E-state index >= 15 is 0 Å². The van der Waals surface area contributed by atoms with Crippen LogP contribution in [0.3, 0.4) is 0 Å². The van der Waals surface area contributed by atoms with Gasteiger partial charge in [-0.2, -0.15) is 0 Å². The molecule has 6 rings (SSSR count). The minimum atomic E-state index is -0.693. The monoisotopic (exact) mass is 433 g/mol. The number of hydrogen-bond acceptors (Lipinski definition) is 5. The van der Waals surface area contributed by atoms with Crippen LogP contribution in [0.1, 0.15) is 30.0 Å². The van der Waals surface area contributed by atoms with Crippen molar-refractivity contribution in [2.24, 2.45) is 5.92 Å². The lowest BCUT2D eigenvalue weighted by Crippen LogP contribution is -2.66. The highest BCUT2D eigenvalue weighted by atomic mass is 16.6. The van der Waals surface area contributed by atoms with Crippen molar-refractivity contribution in [3.05, 3.63) is 71.3 Å². The molecule has 5 atom stereocenters. The van der Waals surface area contributed by atoms with Gasteiger partial charge in [0.25, 0.3) is 0 Å². The first-order valence-corrected chi connectivity index (χ1v) is 11.4. The van der Waals surface area contributed by atoms with E-state index in [1.54, 1.807) is 0 Å². The second kappa shape index (κ2) is 7.27. The van der Waals surface area contributed by atoms with Gasteiger partial charge in [-0.05, 0) is 37.0 Å². The Morgan fingerprint density at radius 3 is 2.88 bits per heavy atom. The van der Waals surface area contributed by atoms with Gasteiger partial charge in [0.05, 0.1) is 6.61 Å². The number of likely N-dealkylation sites (tertiary alicyclic amines) is 1. The summed E-state index contributed by atoms with van der Waals surface area (Å²) < 4.78 is 18.1. The van der Waals surface area contributed by atoms with Crippen LogP contribution >= 0.6 is 0 Å². The molecule has 6 heteroatoms. The molecule has 0 aromatic heterocycles. The maximum Gasteiger partial charge on any atom is 0.410 e. The maximum atomic E-state index is 12.7. The van der Waals surface area contributed by atoms with Gasteiger partial charge in [0.15, 0.2) is 11.5 Å². The Balaban J connectivity index is 1.41. The third-order valence-electron chi connectivity index (χ3n) is 7.60. The van der Waals surface area contributed by atoms with E-state index in [0.29, 0.717) is 25.5 Å². The second-order valence-corrected chi connectivity index (χ2v) is 9.10. The molecule has 32 heavy (non-hydrogen) atoms. The molecule has 6 nitrogen and oxygen atoms in total. The normalized spacial score (nSPS) is 31.0. The van der Waals surface area contributed by atoms with Gasteiger partial charge in [-0.15, -0.1) is 0 Å². The van der Waals surface area contributed by atoms with Gasteiger partial charge in [-0.25, -0.2) is 4.79 Å². The molecule has 0 saturated carbocycles. The molecule has 2 heterocycles. The zero-order valence-corrected chi connectivity index (χ0v) is 18.1. The smallest absolute Gasteiger partial charge is 0.410 e. The van der Waals surface area contributed by atoms with Crippen molar-refractivity contribution in [2.45, 2.75) is 50.0 Å². The predicted octanol–water partition coefficient (Wildman–Crippen LogP) is 3.60. The lowest BCUT2D eigenvalue weighted by Gasteiger charge is -2.56. The third-order valence-corrected chi connectivity index (χ3v) is 7.60. The van der Waals surface area contributed by atoms with E-state index in [1.165, 1.54) is 11.1 Å².